The van der Waals surface area contributed by atoms with Crippen LogP contribution in [0.5, 0.6) is 0 Å². The van der Waals surface area contributed by atoms with Crippen molar-refractivity contribution in [3.63, 3.8) is 0 Å². The third-order valence-electron chi connectivity index (χ3n) is 4.74. The second-order valence-electron chi connectivity index (χ2n) is 6.77. The zero-order chi connectivity index (χ0) is 21.8. The Morgan fingerprint density at radius 2 is 1.94 bits per heavy atom. The summed E-state index contributed by atoms with van der Waals surface area (Å²) in [5.74, 6) is 0.181. The number of pyridine rings is 1. The number of benzene rings is 1. The van der Waals surface area contributed by atoms with Crippen molar-refractivity contribution in [3.8, 4) is 0 Å². The summed E-state index contributed by atoms with van der Waals surface area (Å²) in [5, 5.41) is 3.25. The van der Waals surface area contributed by atoms with Gasteiger partial charge in [-0.1, -0.05) is 60.4 Å². The highest BCUT2D eigenvalue weighted by molar-refractivity contribution is 8.26. The molecule has 0 saturated carbocycles. The monoisotopic (exact) mass is 452 g/mol. The molecule has 3 aromatic rings. The predicted molar refractivity (Wildman–Crippen MR) is 127 cm³/mol. The highest BCUT2D eigenvalue weighted by Gasteiger charge is 2.32. The molecule has 4 rings (SSSR count). The molecule has 0 aliphatic carbocycles. The van der Waals surface area contributed by atoms with Crippen LogP contribution in [0.2, 0.25) is 0 Å². The van der Waals surface area contributed by atoms with E-state index in [-0.39, 0.29) is 11.5 Å². The van der Waals surface area contributed by atoms with Gasteiger partial charge in [0.15, 0.2) is 0 Å². The number of methoxy groups -OCH3 is 1. The number of aromatic nitrogens is 2. The van der Waals surface area contributed by atoms with E-state index in [2.05, 4.69) is 10.3 Å². The van der Waals surface area contributed by atoms with Gasteiger partial charge in [-0.05, 0) is 23.8 Å². The van der Waals surface area contributed by atoms with Crippen molar-refractivity contribution in [2.45, 2.75) is 6.54 Å². The molecule has 1 aromatic carbocycles. The molecule has 1 N–H and O–H groups in total. The summed E-state index contributed by atoms with van der Waals surface area (Å²) in [6.07, 6.45) is 3.24. The largest absolute Gasteiger partial charge is 0.383 e. The van der Waals surface area contributed by atoms with Crippen LogP contribution in [0.25, 0.3) is 11.7 Å². The van der Waals surface area contributed by atoms with Crippen LogP contribution >= 0.6 is 24.0 Å². The lowest BCUT2D eigenvalue weighted by Gasteiger charge is -2.13. The summed E-state index contributed by atoms with van der Waals surface area (Å²) in [6, 6.07) is 15.2. The Hall–Kier alpha value is -3.01. The molecule has 1 saturated heterocycles. The Kier molecular flexibility index (Phi) is 6.45. The van der Waals surface area contributed by atoms with Gasteiger partial charge in [-0.2, -0.15) is 0 Å². The molecule has 7 nitrogen and oxygen atoms in total. The summed E-state index contributed by atoms with van der Waals surface area (Å²) >= 11 is 6.51. The van der Waals surface area contributed by atoms with E-state index in [1.807, 2.05) is 36.4 Å². The third kappa shape index (κ3) is 4.53. The molecular weight excluding hydrogens is 432 g/mol. The van der Waals surface area contributed by atoms with E-state index in [4.69, 9.17) is 17.0 Å². The van der Waals surface area contributed by atoms with Crippen LogP contribution in [0.15, 0.2) is 64.4 Å². The molecular formula is C22H20N4O3S2. The topological polar surface area (TPSA) is 75.9 Å². The fourth-order valence-corrected chi connectivity index (χ4v) is 4.45. The van der Waals surface area contributed by atoms with Crippen molar-refractivity contribution in [1.29, 1.82) is 0 Å². The van der Waals surface area contributed by atoms with Gasteiger partial charge < -0.3 is 10.1 Å². The van der Waals surface area contributed by atoms with E-state index < -0.39 is 0 Å². The van der Waals surface area contributed by atoms with E-state index >= 15 is 0 Å². The molecule has 3 heterocycles. The van der Waals surface area contributed by atoms with Crippen molar-refractivity contribution < 1.29 is 9.53 Å². The van der Waals surface area contributed by atoms with Gasteiger partial charge >= 0.3 is 0 Å². The summed E-state index contributed by atoms with van der Waals surface area (Å²) in [4.78, 5) is 32.6. The third-order valence-corrected chi connectivity index (χ3v) is 6.12. The lowest BCUT2D eigenvalue weighted by Crippen LogP contribution is -2.31. The van der Waals surface area contributed by atoms with Gasteiger partial charge in [-0.3, -0.25) is 18.9 Å². The first-order chi connectivity index (χ1) is 15.1. The molecule has 2 aromatic heterocycles. The molecule has 0 radical (unpaired) electrons. The molecule has 9 heteroatoms. The first-order valence-corrected chi connectivity index (χ1v) is 10.8. The van der Waals surface area contributed by atoms with Gasteiger partial charge in [0.25, 0.3) is 11.5 Å². The molecule has 0 bridgehead atoms. The minimum Gasteiger partial charge on any atom is -0.383 e. The minimum atomic E-state index is -0.261. The van der Waals surface area contributed by atoms with Crippen LogP contribution in [0, 0.1) is 0 Å². The number of anilines is 1. The van der Waals surface area contributed by atoms with Gasteiger partial charge in [0.1, 0.15) is 15.8 Å². The van der Waals surface area contributed by atoms with Crippen molar-refractivity contribution in [2.24, 2.45) is 0 Å². The smallest absolute Gasteiger partial charge is 0.267 e. The molecule has 1 aliphatic rings. The first kappa shape index (κ1) is 21.2. The van der Waals surface area contributed by atoms with Crippen LogP contribution in [-0.2, 0) is 16.1 Å². The quantitative estimate of drug-likeness (QED) is 0.436. The van der Waals surface area contributed by atoms with Gasteiger partial charge in [0, 0.05) is 19.9 Å². The molecule has 1 fully saturated rings. The van der Waals surface area contributed by atoms with E-state index in [1.165, 1.54) is 21.1 Å². The zero-order valence-electron chi connectivity index (χ0n) is 16.8. The van der Waals surface area contributed by atoms with Gasteiger partial charge in [0.2, 0.25) is 0 Å². The van der Waals surface area contributed by atoms with Gasteiger partial charge in [-0.25, -0.2) is 4.98 Å². The average molecular weight is 453 g/mol. The maximum atomic E-state index is 13.2. The Labute approximate surface area is 188 Å². The zero-order valence-corrected chi connectivity index (χ0v) is 18.4. The number of nitrogens with zero attached hydrogens (tertiary/aromatic N) is 3. The molecule has 31 heavy (non-hydrogen) atoms. The summed E-state index contributed by atoms with van der Waals surface area (Å²) in [6.45, 7) is 1.24. The molecule has 0 atom stereocenters. The number of carbonyl (C=O) groups excluding carboxylic acids is 1. The standard InChI is InChI=1S/C22H20N4O3S2/c1-29-12-11-26-21(28)17(31-22(26)30)13-16-19(23-14-15-7-3-2-4-8-15)24-18-9-5-6-10-25(18)20(16)27/h2-10,13,23H,11-12,14H2,1H3/b17-13-. The number of rotatable bonds is 7. The number of nitrogens with one attached hydrogen (secondary N) is 1. The highest BCUT2D eigenvalue weighted by atomic mass is 32.2. The van der Waals surface area contributed by atoms with Crippen LogP contribution in [0.1, 0.15) is 11.1 Å². The van der Waals surface area contributed by atoms with Crippen molar-refractivity contribution >= 4 is 51.7 Å². The number of thiocarbonyl (C=S) groups is 1. The van der Waals surface area contributed by atoms with Crippen LogP contribution in [-0.4, -0.2) is 44.8 Å². The second-order valence-corrected chi connectivity index (χ2v) is 8.45. The Morgan fingerprint density at radius 1 is 1.16 bits per heavy atom. The fourth-order valence-electron chi connectivity index (χ4n) is 3.16. The number of carbonyl (C=O) groups is 1. The van der Waals surface area contributed by atoms with Crippen LogP contribution in [0.3, 0.4) is 0 Å². The lowest BCUT2D eigenvalue weighted by atomic mass is 10.2. The molecule has 1 amide bonds. The number of hydrogen-bond acceptors (Lipinski definition) is 7. The van der Waals surface area contributed by atoms with E-state index in [0.29, 0.717) is 46.0 Å². The van der Waals surface area contributed by atoms with Crippen molar-refractivity contribution in [3.05, 3.63) is 81.1 Å². The van der Waals surface area contributed by atoms with Gasteiger partial charge in [-0.15, -0.1) is 0 Å². The number of hydrogen-bond donors (Lipinski definition) is 1. The molecule has 1 aliphatic heterocycles. The van der Waals surface area contributed by atoms with E-state index in [9.17, 15) is 9.59 Å². The van der Waals surface area contributed by atoms with Crippen LogP contribution < -0.4 is 10.9 Å². The number of thioether (sulfide) groups is 1. The van der Waals surface area contributed by atoms with Crippen molar-refractivity contribution in [1.82, 2.24) is 14.3 Å². The normalized spacial score (nSPS) is 15.3. The maximum Gasteiger partial charge on any atom is 0.267 e. The van der Waals surface area contributed by atoms with E-state index in [1.54, 1.807) is 31.5 Å². The highest BCUT2D eigenvalue weighted by Crippen LogP contribution is 2.32. The predicted octanol–water partition coefficient (Wildman–Crippen LogP) is 3.15. The number of ether oxygens (including phenoxy) is 1. The van der Waals surface area contributed by atoms with Gasteiger partial charge in [0.05, 0.1) is 23.6 Å². The Balaban J connectivity index is 1.74. The molecule has 0 unspecified atom stereocenters. The molecule has 158 valence electrons. The summed E-state index contributed by atoms with van der Waals surface area (Å²) in [5.41, 5.74) is 1.62. The Morgan fingerprint density at radius 3 is 2.71 bits per heavy atom. The lowest BCUT2D eigenvalue weighted by molar-refractivity contribution is -0.122. The SMILES string of the molecule is COCCN1C(=O)/C(=C/c2c(NCc3ccccc3)nc3ccccn3c2=O)SC1=S. The average Bonchev–Trinajstić information content (AvgIpc) is 3.06. The number of amides is 1. The Bertz CT molecular complexity index is 1220. The fraction of sp³-hybridized carbons (Fsp3) is 0.182. The van der Waals surface area contributed by atoms with Crippen molar-refractivity contribution in [2.75, 3.05) is 25.6 Å². The first-order valence-electron chi connectivity index (χ1n) is 9.62. The maximum absolute atomic E-state index is 13.2. The molecule has 0 spiro atoms. The summed E-state index contributed by atoms with van der Waals surface area (Å²) in [7, 11) is 1.57. The van der Waals surface area contributed by atoms with E-state index in [0.717, 1.165) is 5.56 Å². The second kappa shape index (κ2) is 9.42. The van der Waals surface area contributed by atoms with Crippen LogP contribution in [0.4, 0.5) is 5.82 Å². The summed E-state index contributed by atoms with van der Waals surface area (Å²) < 4.78 is 6.97. The number of fused-ring (bicyclic) bond motifs is 1. The minimum absolute atomic E-state index is 0.237.